The smallest absolute Gasteiger partial charge is 0.183 e. The molecule has 1 aliphatic rings. The lowest BCUT2D eigenvalue weighted by Gasteiger charge is -2.21. The van der Waals surface area contributed by atoms with Crippen LogP contribution in [0.2, 0.25) is 0 Å². The van der Waals surface area contributed by atoms with Crippen LogP contribution in [0.3, 0.4) is 0 Å². The van der Waals surface area contributed by atoms with Gasteiger partial charge < -0.3 is 20.8 Å². The van der Waals surface area contributed by atoms with Gasteiger partial charge in [0.1, 0.15) is 17.7 Å². The lowest BCUT2D eigenvalue weighted by Crippen LogP contribution is -2.35. The van der Waals surface area contributed by atoms with E-state index in [0.29, 0.717) is 23.6 Å². The second kappa shape index (κ2) is 3.69. The second-order valence-corrected chi connectivity index (χ2v) is 3.66. The number of nitrogens with one attached hydrogen (secondary N) is 2. The zero-order chi connectivity index (χ0) is 11.0. The Kier molecular flexibility index (Phi) is 2.19. The number of aromatic nitrogens is 4. The average molecular weight is 220 g/mol. The van der Waals surface area contributed by atoms with Crippen molar-refractivity contribution in [1.82, 2.24) is 25.3 Å². The maximum atomic E-state index is 5.73. The van der Waals surface area contributed by atoms with Crippen LogP contribution in [0.1, 0.15) is 11.9 Å². The Hall–Kier alpha value is -1.73. The molecule has 0 aromatic carbocycles. The summed E-state index contributed by atoms with van der Waals surface area (Å²) in [6, 6.07) is 0.0716. The predicted molar refractivity (Wildman–Crippen MR) is 57.7 cm³/mol. The van der Waals surface area contributed by atoms with Crippen molar-refractivity contribution >= 4 is 17.0 Å². The number of nitrogens with two attached hydrogens (primary N) is 1. The number of hydrogen-bond donors (Lipinski definition) is 3. The molecule has 0 amide bonds. The molecule has 4 N–H and O–H groups in total. The molecule has 16 heavy (non-hydrogen) atoms. The number of imidazole rings is 1. The molecule has 7 nitrogen and oxygen atoms in total. The van der Waals surface area contributed by atoms with Gasteiger partial charge in [-0.3, -0.25) is 0 Å². The third-order valence-corrected chi connectivity index (χ3v) is 2.59. The van der Waals surface area contributed by atoms with Gasteiger partial charge in [0, 0.05) is 6.54 Å². The van der Waals surface area contributed by atoms with Gasteiger partial charge in [-0.1, -0.05) is 0 Å². The molecule has 0 radical (unpaired) electrons. The van der Waals surface area contributed by atoms with Crippen LogP contribution >= 0.6 is 0 Å². The van der Waals surface area contributed by atoms with E-state index in [-0.39, 0.29) is 6.04 Å². The number of anilines is 1. The molecule has 2 aromatic rings. The first-order valence-electron chi connectivity index (χ1n) is 5.12. The lowest BCUT2D eigenvalue weighted by atomic mass is 10.3. The molecular formula is C9H12N6O. The minimum Gasteiger partial charge on any atom is -0.382 e. The van der Waals surface area contributed by atoms with Crippen LogP contribution < -0.4 is 11.1 Å². The summed E-state index contributed by atoms with van der Waals surface area (Å²) in [5, 5.41) is 3.31. The van der Waals surface area contributed by atoms with Crippen molar-refractivity contribution in [2.45, 2.75) is 6.04 Å². The molecule has 2 aromatic heterocycles. The zero-order valence-electron chi connectivity index (χ0n) is 8.60. The SMILES string of the molecule is Nc1ncnc2nc(C3COCCN3)[nH]c12. The largest absolute Gasteiger partial charge is 0.382 e. The Bertz CT molecular complexity index is 504. The molecule has 1 aliphatic heterocycles. The van der Waals surface area contributed by atoms with Crippen molar-refractivity contribution in [2.24, 2.45) is 0 Å². The van der Waals surface area contributed by atoms with Crippen LogP contribution in [0.15, 0.2) is 6.33 Å². The van der Waals surface area contributed by atoms with Gasteiger partial charge in [0.25, 0.3) is 0 Å². The molecule has 0 saturated carbocycles. The summed E-state index contributed by atoms with van der Waals surface area (Å²) in [5.74, 6) is 1.21. The van der Waals surface area contributed by atoms with Gasteiger partial charge in [-0.15, -0.1) is 0 Å². The van der Waals surface area contributed by atoms with Crippen molar-refractivity contribution < 1.29 is 4.74 Å². The van der Waals surface area contributed by atoms with Gasteiger partial charge in [0.15, 0.2) is 11.5 Å². The third-order valence-electron chi connectivity index (χ3n) is 2.59. The Morgan fingerprint density at radius 1 is 1.44 bits per heavy atom. The number of ether oxygens (including phenoxy) is 1. The fraction of sp³-hybridized carbons (Fsp3) is 0.444. The number of H-pyrrole nitrogens is 1. The standard InChI is InChI=1S/C9H12N6O/c10-7-6-9(13-4-12-7)15-8(14-6)5-3-16-2-1-11-5/h4-5,11H,1-3H2,(H3,10,12,13,14,15). The molecule has 1 saturated heterocycles. The first-order valence-corrected chi connectivity index (χ1v) is 5.12. The Morgan fingerprint density at radius 3 is 3.12 bits per heavy atom. The number of fused-ring (bicyclic) bond motifs is 1. The monoisotopic (exact) mass is 220 g/mol. The summed E-state index contributed by atoms with van der Waals surface area (Å²) in [7, 11) is 0. The van der Waals surface area contributed by atoms with Gasteiger partial charge in [-0.05, 0) is 0 Å². The normalized spacial score (nSPS) is 21.4. The van der Waals surface area contributed by atoms with Crippen LogP contribution in [-0.4, -0.2) is 39.7 Å². The molecule has 1 unspecified atom stereocenters. The first kappa shape index (κ1) is 9.49. The number of nitrogen functional groups attached to an aromatic ring is 1. The minimum atomic E-state index is 0.0716. The maximum Gasteiger partial charge on any atom is 0.183 e. The quantitative estimate of drug-likeness (QED) is 0.604. The van der Waals surface area contributed by atoms with Gasteiger partial charge in [0.2, 0.25) is 0 Å². The van der Waals surface area contributed by atoms with E-state index < -0.39 is 0 Å². The summed E-state index contributed by atoms with van der Waals surface area (Å²) in [6.07, 6.45) is 1.41. The summed E-state index contributed by atoms with van der Waals surface area (Å²) < 4.78 is 5.37. The van der Waals surface area contributed by atoms with Crippen molar-refractivity contribution in [3.05, 3.63) is 12.2 Å². The van der Waals surface area contributed by atoms with E-state index in [1.165, 1.54) is 6.33 Å². The fourth-order valence-corrected chi connectivity index (χ4v) is 1.77. The Labute approximate surface area is 91.4 Å². The molecular weight excluding hydrogens is 208 g/mol. The highest BCUT2D eigenvalue weighted by molar-refractivity contribution is 5.81. The van der Waals surface area contributed by atoms with E-state index in [0.717, 1.165) is 19.0 Å². The maximum absolute atomic E-state index is 5.73. The predicted octanol–water partition coefficient (Wildman–Crippen LogP) is -0.404. The van der Waals surface area contributed by atoms with Crippen LogP contribution in [0, 0.1) is 0 Å². The molecule has 0 spiro atoms. The number of hydrogen-bond acceptors (Lipinski definition) is 6. The number of rotatable bonds is 1. The summed E-state index contributed by atoms with van der Waals surface area (Å²) in [6.45, 7) is 2.16. The van der Waals surface area contributed by atoms with Crippen molar-refractivity contribution in [1.29, 1.82) is 0 Å². The molecule has 1 atom stereocenters. The van der Waals surface area contributed by atoms with Gasteiger partial charge in [-0.25, -0.2) is 15.0 Å². The van der Waals surface area contributed by atoms with Gasteiger partial charge in [0.05, 0.1) is 19.3 Å². The van der Waals surface area contributed by atoms with Crippen molar-refractivity contribution in [3.8, 4) is 0 Å². The molecule has 0 aliphatic carbocycles. The fourth-order valence-electron chi connectivity index (χ4n) is 1.77. The molecule has 3 heterocycles. The highest BCUT2D eigenvalue weighted by Gasteiger charge is 2.19. The summed E-state index contributed by atoms with van der Waals surface area (Å²) in [4.78, 5) is 15.5. The highest BCUT2D eigenvalue weighted by atomic mass is 16.5. The summed E-state index contributed by atoms with van der Waals surface area (Å²) in [5.41, 5.74) is 7.00. The first-order chi connectivity index (χ1) is 7.84. The van der Waals surface area contributed by atoms with E-state index >= 15 is 0 Å². The molecule has 84 valence electrons. The minimum absolute atomic E-state index is 0.0716. The Balaban J connectivity index is 2.01. The number of morpholine rings is 1. The van der Waals surface area contributed by atoms with Crippen molar-refractivity contribution in [3.63, 3.8) is 0 Å². The molecule has 3 rings (SSSR count). The molecule has 0 bridgehead atoms. The second-order valence-electron chi connectivity index (χ2n) is 3.66. The van der Waals surface area contributed by atoms with Gasteiger partial charge in [-0.2, -0.15) is 0 Å². The van der Waals surface area contributed by atoms with Crippen molar-refractivity contribution in [2.75, 3.05) is 25.5 Å². The van der Waals surface area contributed by atoms with Crippen LogP contribution in [0.25, 0.3) is 11.2 Å². The van der Waals surface area contributed by atoms with Crippen LogP contribution in [0.4, 0.5) is 5.82 Å². The van der Waals surface area contributed by atoms with E-state index in [4.69, 9.17) is 10.5 Å². The van der Waals surface area contributed by atoms with Gasteiger partial charge >= 0.3 is 0 Å². The van der Waals surface area contributed by atoms with E-state index in [2.05, 4.69) is 25.3 Å². The Morgan fingerprint density at radius 2 is 2.38 bits per heavy atom. The lowest BCUT2D eigenvalue weighted by molar-refractivity contribution is 0.0746. The van der Waals surface area contributed by atoms with Crippen LogP contribution in [-0.2, 0) is 4.74 Å². The number of aromatic amines is 1. The van der Waals surface area contributed by atoms with E-state index in [9.17, 15) is 0 Å². The third kappa shape index (κ3) is 1.50. The average Bonchev–Trinajstić information content (AvgIpc) is 2.76. The van der Waals surface area contributed by atoms with E-state index in [1.807, 2.05) is 0 Å². The zero-order valence-corrected chi connectivity index (χ0v) is 8.60. The topological polar surface area (TPSA) is 102 Å². The van der Waals surface area contributed by atoms with E-state index in [1.54, 1.807) is 0 Å². The van der Waals surface area contributed by atoms with Crippen LogP contribution in [0.5, 0.6) is 0 Å². The number of nitrogens with zero attached hydrogens (tertiary/aromatic N) is 3. The molecule has 7 heteroatoms. The highest BCUT2D eigenvalue weighted by Crippen LogP contribution is 2.18. The summed E-state index contributed by atoms with van der Waals surface area (Å²) >= 11 is 0. The molecule has 1 fully saturated rings.